The first-order valence-electron chi connectivity index (χ1n) is 9.83. The molecule has 0 aliphatic carbocycles. The first-order valence-corrected chi connectivity index (χ1v) is 9.83. The maximum atomic E-state index is 5.96. The van der Waals surface area contributed by atoms with Gasteiger partial charge in [0.05, 0.1) is 24.5 Å². The lowest BCUT2D eigenvalue weighted by atomic mass is 10.1. The number of ether oxygens (including phenoxy) is 2. The van der Waals surface area contributed by atoms with Crippen LogP contribution in [0.2, 0.25) is 0 Å². The molecule has 0 N–H and O–H groups in total. The van der Waals surface area contributed by atoms with Crippen molar-refractivity contribution in [1.82, 2.24) is 14.9 Å². The van der Waals surface area contributed by atoms with Crippen molar-refractivity contribution in [3.05, 3.63) is 17.5 Å². The molecule has 4 rings (SSSR count). The minimum Gasteiger partial charge on any atom is -0.375 e. The predicted molar refractivity (Wildman–Crippen MR) is 96.8 cm³/mol. The van der Waals surface area contributed by atoms with E-state index in [1.165, 1.54) is 19.3 Å². The fourth-order valence-electron chi connectivity index (χ4n) is 4.16. The second-order valence-electron chi connectivity index (χ2n) is 7.54. The van der Waals surface area contributed by atoms with Gasteiger partial charge in [0.1, 0.15) is 0 Å². The normalized spacial score (nSPS) is 28.4. The maximum absolute atomic E-state index is 5.96. The van der Waals surface area contributed by atoms with Crippen molar-refractivity contribution in [3.8, 4) is 0 Å². The minimum atomic E-state index is 0.209. The van der Waals surface area contributed by atoms with Gasteiger partial charge in [0, 0.05) is 45.0 Å². The van der Waals surface area contributed by atoms with Crippen molar-refractivity contribution in [2.24, 2.45) is 0 Å². The van der Waals surface area contributed by atoms with Gasteiger partial charge in [0.15, 0.2) is 0 Å². The quantitative estimate of drug-likeness (QED) is 0.833. The lowest BCUT2D eigenvalue weighted by molar-refractivity contribution is -0.0961. The molecular weight excluding hydrogens is 316 g/mol. The van der Waals surface area contributed by atoms with Crippen molar-refractivity contribution >= 4 is 5.95 Å². The number of hydrogen-bond donors (Lipinski definition) is 0. The third-order valence-electron chi connectivity index (χ3n) is 5.48. The van der Waals surface area contributed by atoms with Gasteiger partial charge in [-0.3, -0.25) is 4.90 Å². The molecule has 0 unspecified atom stereocenters. The zero-order chi connectivity index (χ0) is 17.1. The van der Waals surface area contributed by atoms with E-state index in [-0.39, 0.29) is 12.2 Å². The van der Waals surface area contributed by atoms with Gasteiger partial charge < -0.3 is 14.4 Å². The number of piperidine rings is 1. The summed E-state index contributed by atoms with van der Waals surface area (Å²) in [4.78, 5) is 14.4. The molecule has 138 valence electrons. The molecule has 1 aromatic heterocycles. The second-order valence-corrected chi connectivity index (χ2v) is 7.54. The van der Waals surface area contributed by atoms with E-state index in [9.17, 15) is 0 Å². The summed E-state index contributed by atoms with van der Waals surface area (Å²) in [6.07, 6.45) is 6.60. The number of nitrogens with zero attached hydrogens (tertiary/aromatic N) is 4. The van der Waals surface area contributed by atoms with E-state index < -0.39 is 0 Å². The summed E-state index contributed by atoms with van der Waals surface area (Å²) < 4.78 is 11.8. The molecule has 6 heteroatoms. The van der Waals surface area contributed by atoms with Gasteiger partial charge in [-0.25, -0.2) is 9.97 Å². The summed E-state index contributed by atoms with van der Waals surface area (Å²) in [6.45, 7) is 8.69. The smallest absolute Gasteiger partial charge is 0.225 e. The van der Waals surface area contributed by atoms with Crippen LogP contribution in [0.1, 0.15) is 43.5 Å². The van der Waals surface area contributed by atoms with Crippen molar-refractivity contribution in [1.29, 1.82) is 0 Å². The number of morpholine rings is 1. The Morgan fingerprint density at radius 3 is 2.64 bits per heavy atom. The van der Waals surface area contributed by atoms with Crippen LogP contribution in [0.15, 0.2) is 6.07 Å². The molecule has 1 aromatic rings. The highest BCUT2D eigenvalue weighted by Crippen LogP contribution is 2.22. The molecule has 0 spiro atoms. The van der Waals surface area contributed by atoms with Gasteiger partial charge >= 0.3 is 0 Å². The number of anilines is 1. The first-order chi connectivity index (χ1) is 12.3. The summed E-state index contributed by atoms with van der Waals surface area (Å²) in [5.41, 5.74) is 2.19. The SMILES string of the molecule is Cc1cc(CN2CCO[C@H]([C@@H]3CCCO3)C2)nc(N2CCCCC2)n1. The molecule has 2 atom stereocenters. The largest absolute Gasteiger partial charge is 0.375 e. The van der Waals surface area contributed by atoms with Crippen molar-refractivity contribution < 1.29 is 9.47 Å². The van der Waals surface area contributed by atoms with Crippen LogP contribution in [0.25, 0.3) is 0 Å². The Kier molecular flexibility index (Phi) is 5.48. The lowest BCUT2D eigenvalue weighted by Crippen LogP contribution is -2.47. The zero-order valence-electron chi connectivity index (χ0n) is 15.3. The highest BCUT2D eigenvalue weighted by atomic mass is 16.5. The summed E-state index contributed by atoms with van der Waals surface area (Å²) in [7, 11) is 0. The van der Waals surface area contributed by atoms with Crippen LogP contribution in [0.4, 0.5) is 5.95 Å². The fourth-order valence-corrected chi connectivity index (χ4v) is 4.16. The number of aryl methyl sites for hydroxylation is 1. The molecule has 0 amide bonds. The standard InChI is InChI=1S/C19H30N4O2/c1-15-12-16(21-19(20-15)23-7-3-2-4-8-23)13-22-9-11-25-18(14-22)17-6-5-10-24-17/h12,17-18H,2-11,13-14H2,1H3/t17-,18-/m0/s1. The predicted octanol–water partition coefficient (Wildman–Crippen LogP) is 2.16. The van der Waals surface area contributed by atoms with E-state index in [1.54, 1.807) is 0 Å². The van der Waals surface area contributed by atoms with Crippen molar-refractivity contribution in [2.45, 2.75) is 57.8 Å². The van der Waals surface area contributed by atoms with Gasteiger partial charge in [-0.05, 0) is 45.1 Å². The van der Waals surface area contributed by atoms with E-state index in [0.29, 0.717) is 0 Å². The molecule has 6 nitrogen and oxygen atoms in total. The molecule has 3 aliphatic heterocycles. The maximum Gasteiger partial charge on any atom is 0.225 e. The molecule has 3 aliphatic rings. The third-order valence-corrected chi connectivity index (χ3v) is 5.48. The molecule has 0 radical (unpaired) electrons. The Morgan fingerprint density at radius 1 is 1.00 bits per heavy atom. The van der Waals surface area contributed by atoms with Crippen LogP contribution in [-0.4, -0.2) is 66.5 Å². The van der Waals surface area contributed by atoms with Crippen LogP contribution in [0.3, 0.4) is 0 Å². The number of hydrogen-bond acceptors (Lipinski definition) is 6. The van der Waals surface area contributed by atoms with Crippen LogP contribution in [0.5, 0.6) is 0 Å². The Morgan fingerprint density at radius 2 is 1.84 bits per heavy atom. The molecule has 4 heterocycles. The minimum absolute atomic E-state index is 0.209. The Hall–Kier alpha value is -1.24. The fraction of sp³-hybridized carbons (Fsp3) is 0.789. The van der Waals surface area contributed by atoms with Crippen LogP contribution in [0, 0.1) is 6.92 Å². The molecule has 0 aromatic carbocycles. The van der Waals surface area contributed by atoms with Gasteiger partial charge in [0.2, 0.25) is 5.95 Å². The van der Waals surface area contributed by atoms with Gasteiger partial charge in [-0.2, -0.15) is 0 Å². The second kappa shape index (κ2) is 7.98. The van der Waals surface area contributed by atoms with E-state index >= 15 is 0 Å². The molecular formula is C19H30N4O2. The van der Waals surface area contributed by atoms with E-state index in [0.717, 1.165) is 76.1 Å². The van der Waals surface area contributed by atoms with E-state index in [1.807, 2.05) is 0 Å². The molecule has 3 saturated heterocycles. The van der Waals surface area contributed by atoms with Crippen molar-refractivity contribution in [2.75, 3.05) is 44.3 Å². The van der Waals surface area contributed by atoms with Crippen molar-refractivity contribution in [3.63, 3.8) is 0 Å². The average Bonchev–Trinajstić information content (AvgIpc) is 3.17. The van der Waals surface area contributed by atoms with Gasteiger partial charge in [-0.1, -0.05) is 0 Å². The average molecular weight is 346 g/mol. The Balaban J connectivity index is 1.41. The highest BCUT2D eigenvalue weighted by molar-refractivity contribution is 5.32. The molecule has 0 saturated carbocycles. The highest BCUT2D eigenvalue weighted by Gasteiger charge is 2.31. The number of aromatic nitrogens is 2. The van der Waals surface area contributed by atoms with E-state index in [4.69, 9.17) is 14.5 Å². The Bertz CT molecular complexity index is 571. The van der Waals surface area contributed by atoms with Gasteiger partial charge in [-0.15, -0.1) is 0 Å². The van der Waals surface area contributed by atoms with E-state index in [2.05, 4.69) is 27.8 Å². The summed E-state index contributed by atoms with van der Waals surface area (Å²) in [5.74, 6) is 0.915. The molecule has 0 bridgehead atoms. The summed E-state index contributed by atoms with van der Waals surface area (Å²) in [6, 6.07) is 2.13. The van der Waals surface area contributed by atoms with Crippen LogP contribution in [-0.2, 0) is 16.0 Å². The Labute approximate surface area is 150 Å². The number of rotatable bonds is 4. The lowest BCUT2D eigenvalue weighted by Gasteiger charge is -2.35. The first kappa shape index (κ1) is 17.2. The monoisotopic (exact) mass is 346 g/mol. The summed E-state index contributed by atoms with van der Waals surface area (Å²) in [5, 5.41) is 0. The molecule has 25 heavy (non-hydrogen) atoms. The molecule has 3 fully saturated rings. The summed E-state index contributed by atoms with van der Waals surface area (Å²) >= 11 is 0. The zero-order valence-corrected chi connectivity index (χ0v) is 15.3. The topological polar surface area (TPSA) is 50.7 Å². The van der Waals surface area contributed by atoms with Crippen LogP contribution < -0.4 is 4.90 Å². The van der Waals surface area contributed by atoms with Crippen LogP contribution >= 0.6 is 0 Å². The van der Waals surface area contributed by atoms with Gasteiger partial charge in [0.25, 0.3) is 0 Å². The third kappa shape index (κ3) is 4.30.